The second kappa shape index (κ2) is 13.8. The number of guanidine groups is 1. The van der Waals surface area contributed by atoms with Crippen LogP contribution in [-0.2, 0) is 14.2 Å². The maximum Gasteiger partial charge on any atom is 0.411 e. The van der Waals surface area contributed by atoms with E-state index in [0.29, 0.717) is 19.6 Å². The number of piperidine rings is 1. The van der Waals surface area contributed by atoms with Gasteiger partial charge in [0, 0.05) is 39.9 Å². The van der Waals surface area contributed by atoms with Gasteiger partial charge in [-0.1, -0.05) is 0 Å². The van der Waals surface area contributed by atoms with Crippen LogP contribution in [0.5, 0.6) is 0 Å². The Hall–Kier alpha value is -0.330. The van der Waals surface area contributed by atoms with Crippen LogP contribution in [0.4, 0.5) is 13.2 Å². The fourth-order valence-corrected chi connectivity index (χ4v) is 3.31. The summed E-state index contributed by atoms with van der Waals surface area (Å²) >= 11 is 0. The lowest BCUT2D eigenvalue weighted by atomic mass is 10.1. The molecule has 0 aromatic carbocycles. The largest absolute Gasteiger partial charge is 0.411 e. The highest BCUT2D eigenvalue weighted by atomic mass is 127. The smallest absolute Gasteiger partial charge is 0.376 e. The van der Waals surface area contributed by atoms with E-state index in [1.807, 2.05) is 0 Å². The van der Waals surface area contributed by atoms with E-state index in [2.05, 4.69) is 19.9 Å². The molecule has 2 heterocycles. The first-order valence-corrected chi connectivity index (χ1v) is 9.81. The average Bonchev–Trinajstić information content (AvgIpc) is 2.66. The summed E-state index contributed by atoms with van der Waals surface area (Å²) in [6.07, 6.45) is 2.04. The van der Waals surface area contributed by atoms with Crippen LogP contribution in [0.25, 0.3) is 0 Å². The SMILES string of the molecule is CN=C(NCCCOCC(F)(F)F)N1CCC(OCC2CCCCO2)CC1.I. The zero-order valence-corrected chi connectivity index (χ0v) is 18.8. The van der Waals surface area contributed by atoms with Gasteiger partial charge in [0.1, 0.15) is 6.61 Å². The van der Waals surface area contributed by atoms with Gasteiger partial charge in [-0.15, -0.1) is 24.0 Å². The molecule has 0 aliphatic carbocycles. The molecule has 166 valence electrons. The summed E-state index contributed by atoms with van der Waals surface area (Å²) in [7, 11) is 1.71. The first-order chi connectivity index (χ1) is 13.0. The highest BCUT2D eigenvalue weighted by Crippen LogP contribution is 2.18. The van der Waals surface area contributed by atoms with Gasteiger partial charge in [-0.25, -0.2) is 0 Å². The van der Waals surface area contributed by atoms with E-state index >= 15 is 0 Å². The molecule has 28 heavy (non-hydrogen) atoms. The van der Waals surface area contributed by atoms with Gasteiger partial charge < -0.3 is 24.4 Å². The number of rotatable bonds is 8. The Morgan fingerprint density at radius 1 is 1.21 bits per heavy atom. The molecule has 2 rings (SSSR count). The number of hydrogen-bond donors (Lipinski definition) is 1. The number of hydrogen-bond acceptors (Lipinski definition) is 4. The molecule has 1 unspecified atom stereocenters. The van der Waals surface area contributed by atoms with Crippen molar-refractivity contribution in [3.63, 3.8) is 0 Å². The summed E-state index contributed by atoms with van der Waals surface area (Å²) in [5.74, 6) is 0.778. The third-order valence-corrected chi connectivity index (χ3v) is 4.76. The lowest BCUT2D eigenvalue weighted by Gasteiger charge is -2.35. The second-order valence-electron chi connectivity index (χ2n) is 7.00. The van der Waals surface area contributed by atoms with Crippen LogP contribution in [0.1, 0.15) is 38.5 Å². The van der Waals surface area contributed by atoms with E-state index in [9.17, 15) is 13.2 Å². The molecule has 2 saturated heterocycles. The third-order valence-electron chi connectivity index (χ3n) is 4.76. The standard InChI is InChI=1S/C18H32F3N3O3.HI/c1-22-17(23-8-4-11-25-14-18(19,20)21)24-9-6-15(7-10-24)27-13-16-5-2-3-12-26-16;/h15-16H,2-14H2,1H3,(H,22,23);1H. The first kappa shape index (κ1) is 25.7. The highest BCUT2D eigenvalue weighted by Gasteiger charge is 2.27. The summed E-state index contributed by atoms with van der Waals surface area (Å²) in [5, 5.41) is 3.19. The summed E-state index contributed by atoms with van der Waals surface area (Å²) < 4.78 is 52.3. The molecule has 2 aliphatic rings. The predicted molar refractivity (Wildman–Crippen MR) is 112 cm³/mol. The van der Waals surface area contributed by atoms with Crippen LogP contribution in [0, 0.1) is 0 Å². The molecule has 1 N–H and O–H groups in total. The van der Waals surface area contributed by atoms with Crippen LogP contribution < -0.4 is 5.32 Å². The van der Waals surface area contributed by atoms with Crippen molar-refractivity contribution < 1.29 is 27.4 Å². The van der Waals surface area contributed by atoms with E-state index in [-0.39, 0.29) is 42.8 Å². The van der Waals surface area contributed by atoms with E-state index in [1.54, 1.807) is 7.05 Å². The molecule has 2 fully saturated rings. The summed E-state index contributed by atoms with van der Waals surface area (Å²) in [5.41, 5.74) is 0. The minimum Gasteiger partial charge on any atom is -0.376 e. The van der Waals surface area contributed by atoms with Crippen LogP contribution in [0.2, 0.25) is 0 Å². The van der Waals surface area contributed by atoms with Gasteiger partial charge in [0.15, 0.2) is 5.96 Å². The zero-order chi connectivity index (χ0) is 19.5. The van der Waals surface area contributed by atoms with Crippen molar-refractivity contribution in [3.05, 3.63) is 0 Å². The summed E-state index contributed by atoms with van der Waals surface area (Å²) in [4.78, 5) is 6.42. The van der Waals surface area contributed by atoms with Crippen molar-refractivity contribution in [1.82, 2.24) is 10.2 Å². The normalized spacial score (nSPS) is 22.1. The number of alkyl halides is 3. The number of ether oxygens (including phenoxy) is 3. The van der Waals surface area contributed by atoms with E-state index in [0.717, 1.165) is 51.3 Å². The van der Waals surface area contributed by atoms with Gasteiger partial charge in [-0.05, 0) is 38.5 Å². The molecular formula is C18H33F3IN3O3. The lowest BCUT2D eigenvalue weighted by Crippen LogP contribution is -2.47. The van der Waals surface area contributed by atoms with Gasteiger partial charge in [0.05, 0.1) is 18.8 Å². The number of halogens is 4. The fourth-order valence-electron chi connectivity index (χ4n) is 3.31. The van der Waals surface area contributed by atoms with Crippen molar-refractivity contribution in [2.75, 3.05) is 53.1 Å². The number of nitrogens with one attached hydrogen (secondary N) is 1. The lowest BCUT2D eigenvalue weighted by molar-refractivity contribution is -0.173. The van der Waals surface area contributed by atoms with E-state index in [1.165, 1.54) is 6.42 Å². The number of nitrogens with zero attached hydrogens (tertiary/aromatic N) is 2. The van der Waals surface area contributed by atoms with Crippen molar-refractivity contribution in [2.24, 2.45) is 4.99 Å². The molecule has 1 atom stereocenters. The van der Waals surface area contributed by atoms with Crippen LogP contribution in [0.3, 0.4) is 0 Å². The number of likely N-dealkylation sites (tertiary alicyclic amines) is 1. The molecule has 0 spiro atoms. The second-order valence-corrected chi connectivity index (χ2v) is 7.00. The van der Waals surface area contributed by atoms with Crippen LogP contribution >= 0.6 is 24.0 Å². The minimum atomic E-state index is -4.26. The molecule has 0 amide bonds. The topological polar surface area (TPSA) is 55.3 Å². The van der Waals surface area contributed by atoms with Crippen molar-refractivity contribution in [1.29, 1.82) is 0 Å². The van der Waals surface area contributed by atoms with Crippen molar-refractivity contribution in [2.45, 2.75) is 56.9 Å². The van der Waals surface area contributed by atoms with Crippen molar-refractivity contribution >= 4 is 29.9 Å². The Kier molecular flexibility index (Phi) is 12.7. The van der Waals surface area contributed by atoms with E-state index in [4.69, 9.17) is 9.47 Å². The van der Waals surface area contributed by atoms with Crippen LogP contribution in [-0.4, -0.2) is 82.4 Å². The monoisotopic (exact) mass is 523 g/mol. The van der Waals surface area contributed by atoms with E-state index < -0.39 is 12.8 Å². The molecule has 0 radical (unpaired) electrons. The Labute approximate surface area is 182 Å². The maximum absolute atomic E-state index is 12.0. The Morgan fingerprint density at radius 2 is 1.96 bits per heavy atom. The Bertz CT molecular complexity index is 442. The summed E-state index contributed by atoms with van der Waals surface area (Å²) in [6.45, 7) is 2.62. The highest BCUT2D eigenvalue weighted by molar-refractivity contribution is 14.0. The fraction of sp³-hybridized carbons (Fsp3) is 0.944. The quantitative estimate of drug-likeness (QED) is 0.229. The van der Waals surface area contributed by atoms with Gasteiger partial charge in [0.25, 0.3) is 0 Å². The predicted octanol–water partition coefficient (Wildman–Crippen LogP) is 3.20. The summed E-state index contributed by atoms with van der Waals surface area (Å²) in [6, 6.07) is 0. The average molecular weight is 523 g/mol. The van der Waals surface area contributed by atoms with Crippen molar-refractivity contribution in [3.8, 4) is 0 Å². The van der Waals surface area contributed by atoms with Gasteiger partial charge >= 0.3 is 6.18 Å². The maximum atomic E-state index is 12.0. The van der Waals surface area contributed by atoms with Gasteiger partial charge in [-0.2, -0.15) is 13.2 Å². The third kappa shape index (κ3) is 10.4. The molecule has 10 heteroatoms. The Balaban J connectivity index is 0.00000392. The molecule has 2 aliphatic heterocycles. The molecule has 0 bridgehead atoms. The molecule has 0 aromatic rings. The minimum absolute atomic E-state index is 0. The molecule has 0 aromatic heterocycles. The molecule has 0 saturated carbocycles. The van der Waals surface area contributed by atoms with Gasteiger partial charge in [-0.3, -0.25) is 4.99 Å². The molecule has 6 nitrogen and oxygen atoms in total. The van der Waals surface area contributed by atoms with Gasteiger partial charge in [0.2, 0.25) is 0 Å². The molecular weight excluding hydrogens is 490 g/mol. The Morgan fingerprint density at radius 3 is 2.57 bits per heavy atom. The number of aliphatic imine (C=N–C) groups is 1. The zero-order valence-electron chi connectivity index (χ0n) is 16.5. The van der Waals surface area contributed by atoms with Crippen LogP contribution in [0.15, 0.2) is 4.99 Å². The first-order valence-electron chi connectivity index (χ1n) is 9.81.